The van der Waals surface area contributed by atoms with Gasteiger partial charge in [-0.15, -0.1) is 0 Å². The van der Waals surface area contributed by atoms with Gasteiger partial charge >= 0.3 is 5.63 Å². The van der Waals surface area contributed by atoms with Gasteiger partial charge in [0.15, 0.2) is 0 Å². The number of hydrogen-bond acceptors (Lipinski definition) is 4. The Hall–Kier alpha value is -3.08. The first-order valence-electron chi connectivity index (χ1n) is 10.7. The van der Waals surface area contributed by atoms with Crippen molar-refractivity contribution in [3.05, 3.63) is 109 Å². The highest BCUT2D eigenvalue weighted by Crippen LogP contribution is 2.37. The van der Waals surface area contributed by atoms with Gasteiger partial charge in [-0.3, -0.25) is 4.90 Å². The molecule has 162 valence electrons. The Labute approximate surface area is 192 Å². The molecule has 1 aromatic heterocycles. The molecule has 0 bridgehead atoms. The van der Waals surface area contributed by atoms with Crippen molar-refractivity contribution in [2.45, 2.75) is 33.4 Å². The van der Waals surface area contributed by atoms with E-state index in [2.05, 4.69) is 11.0 Å². The van der Waals surface area contributed by atoms with E-state index in [0.29, 0.717) is 30.8 Å². The molecule has 2 heterocycles. The molecule has 0 saturated carbocycles. The van der Waals surface area contributed by atoms with E-state index in [1.54, 1.807) is 0 Å². The minimum Gasteiger partial charge on any atom is -0.477 e. The molecule has 5 rings (SSSR count). The molecular weight excluding hydrogens is 422 g/mol. The molecule has 1 aliphatic rings. The van der Waals surface area contributed by atoms with Crippen molar-refractivity contribution in [2.75, 3.05) is 6.73 Å². The molecule has 0 unspecified atom stereocenters. The normalized spacial score (nSPS) is 13.7. The SMILES string of the molecule is Cc1c(Cc2ccccc2)c(=O)oc2c(C)c3c(cc12)CN(Cc1ccccc1Cl)CO3. The van der Waals surface area contributed by atoms with Gasteiger partial charge in [-0.2, -0.15) is 0 Å². The smallest absolute Gasteiger partial charge is 0.340 e. The van der Waals surface area contributed by atoms with Gasteiger partial charge in [0.2, 0.25) is 0 Å². The molecule has 0 N–H and O–H groups in total. The van der Waals surface area contributed by atoms with E-state index in [1.807, 2.05) is 68.4 Å². The number of aryl methyl sites for hydroxylation is 2. The second kappa shape index (κ2) is 8.45. The molecule has 5 heteroatoms. The van der Waals surface area contributed by atoms with Crippen LogP contribution >= 0.6 is 11.6 Å². The lowest BCUT2D eigenvalue weighted by Crippen LogP contribution is -2.32. The monoisotopic (exact) mass is 445 g/mol. The average Bonchev–Trinajstić information content (AvgIpc) is 2.80. The first kappa shape index (κ1) is 20.8. The van der Waals surface area contributed by atoms with Crippen molar-refractivity contribution in [2.24, 2.45) is 0 Å². The average molecular weight is 446 g/mol. The summed E-state index contributed by atoms with van der Waals surface area (Å²) in [5.74, 6) is 0.811. The number of halogens is 1. The molecule has 0 amide bonds. The quantitative estimate of drug-likeness (QED) is 0.361. The second-order valence-electron chi connectivity index (χ2n) is 8.37. The van der Waals surface area contributed by atoms with E-state index in [-0.39, 0.29) is 5.63 Å². The zero-order valence-electron chi connectivity index (χ0n) is 18.2. The van der Waals surface area contributed by atoms with Crippen LogP contribution in [0.3, 0.4) is 0 Å². The lowest BCUT2D eigenvalue weighted by atomic mass is 9.96. The number of fused-ring (bicyclic) bond motifs is 2. The Kier molecular flexibility index (Phi) is 5.50. The van der Waals surface area contributed by atoms with Crippen LogP contribution in [0.1, 0.15) is 33.4 Å². The molecule has 0 aliphatic carbocycles. The maximum Gasteiger partial charge on any atom is 0.340 e. The van der Waals surface area contributed by atoms with Crippen LogP contribution in [0.5, 0.6) is 5.75 Å². The fourth-order valence-corrected chi connectivity index (χ4v) is 4.66. The first-order valence-corrected chi connectivity index (χ1v) is 11.1. The lowest BCUT2D eigenvalue weighted by molar-refractivity contribution is 0.0881. The van der Waals surface area contributed by atoms with E-state index in [9.17, 15) is 4.79 Å². The van der Waals surface area contributed by atoms with Crippen molar-refractivity contribution in [1.82, 2.24) is 4.90 Å². The standard InChI is InChI=1S/C27H24ClNO3/c1-17-22-13-21-15-29(14-20-10-6-7-11-24(20)28)16-31-25(21)18(2)26(22)32-27(30)23(17)12-19-8-4-3-5-9-19/h3-11,13H,12,14-16H2,1-2H3. The van der Waals surface area contributed by atoms with Gasteiger partial charge < -0.3 is 9.15 Å². The highest BCUT2D eigenvalue weighted by molar-refractivity contribution is 6.31. The van der Waals surface area contributed by atoms with E-state index in [1.165, 1.54) is 0 Å². The summed E-state index contributed by atoms with van der Waals surface area (Å²) < 4.78 is 11.9. The van der Waals surface area contributed by atoms with Crippen LogP contribution in [-0.2, 0) is 19.5 Å². The third-order valence-corrected chi connectivity index (χ3v) is 6.56. The maximum absolute atomic E-state index is 12.8. The van der Waals surface area contributed by atoms with Gasteiger partial charge in [-0.1, -0.05) is 60.1 Å². The Morgan fingerprint density at radius 2 is 1.75 bits per heavy atom. The van der Waals surface area contributed by atoms with E-state index in [0.717, 1.165) is 50.5 Å². The summed E-state index contributed by atoms with van der Waals surface area (Å²) in [5.41, 5.74) is 6.14. The fraction of sp³-hybridized carbons (Fsp3) is 0.222. The van der Waals surface area contributed by atoms with Crippen molar-refractivity contribution in [3.8, 4) is 5.75 Å². The fourth-order valence-electron chi connectivity index (χ4n) is 4.47. The molecule has 0 spiro atoms. The van der Waals surface area contributed by atoms with E-state index >= 15 is 0 Å². The summed E-state index contributed by atoms with van der Waals surface area (Å²) in [6.45, 7) is 5.88. The molecule has 0 fully saturated rings. The van der Waals surface area contributed by atoms with Crippen molar-refractivity contribution >= 4 is 22.6 Å². The lowest BCUT2D eigenvalue weighted by Gasteiger charge is -2.30. The number of benzene rings is 3. The molecule has 0 saturated heterocycles. The molecule has 1 aliphatic heterocycles. The highest BCUT2D eigenvalue weighted by atomic mass is 35.5. The van der Waals surface area contributed by atoms with Crippen LogP contribution in [-0.4, -0.2) is 11.6 Å². The third kappa shape index (κ3) is 3.81. The highest BCUT2D eigenvalue weighted by Gasteiger charge is 2.24. The second-order valence-corrected chi connectivity index (χ2v) is 8.78. The Morgan fingerprint density at radius 1 is 1.00 bits per heavy atom. The molecule has 0 radical (unpaired) electrons. The van der Waals surface area contributed by atoms with Crippen molar-refractivity contribution < 1.29 is 9.15 Å². The Balaban J connectivity index is 1.53. The number of hydrogen-bond donors (Lipinski definition) is 0. The van der Waals surface area contributed by atoms with Crippen LogP contribution in [0.25, 0.3) is 11.0 Å². The predicted molar refractivity (Wildman–Crippen MR) is 127 cm³/mol. The summed E-state index contributed by atoms with van der Waals surface area (Å²) in [6.07, 6.45) is 0.552. The third-order valence-electron chi connectivity index (χ3n) is 6.19. The maximum atomic E-state index is 12.8. The predicted octanol–water partition coefficient (Wildman–Crippen LogP) is 6.01. The van der Waals surface area contributed by atoms with Gasteiger partial charge in [0.1, 0.15) is 18.1 Å². The summed E-state index contributed by atoms with van der Waals surface area (Å²) in [5, 5.41) is 1.73. The summed E-state index contributed by atoms with van der Waals surface area (Å²) in [7, 11) is 0. The largest absolute Gasteiger partial charge is 0.477 e. The number of ether oxygens (including phenoxy) is 1. The van der Waals surface area contributed by atoms with E-state index in [4.69, 9.17) is 20.8 Å². The zero-order chi connectivity index (χ0) is 22.2. The molecule has 4 nitrogen and oxygen atoms in total. The van der Waals surface area contributed by atoms with Crippen molar-refractivity contribution in [3.63, 3.8) is 0 Å². The van der Waals surface area contributed by atoms with Gasteiger partial charge in [-0.25, -0.2) is 4.79 Å². The van der Waals surface area contributed by atoms with Gasteiger partial charge in [0, 0.05) is 46.6 Å². The van der Waals surface area contributed by atoms with Gasteiger partial charge in [-0.05, 0) is 42.7 Å². The van der Waals surface area contributed by atoms with Crippen LogP contribution < -0.4 is 10.4 Å². The van der Waals surface area contributed by atoms with E-state index < -0.39 is 0 Å². The molecule has 32 heavy (non-hydrogen) atoms. The van der Waals surface area contributed by atoms with Crippen LogP contribution in [0, 0.1) is 13.8 Å². The Morgan fingerprint density at radius 3 is 2.53 bits per heavy atom. The van der Waals surface area contributed by atoms with Gasteiger partial charge in [0.05, 0.1) is 0 Å². The van der Waals surface area contributed by atoms with Crippen LogP contribution in [0.4, 0.5) is 0 Å². The number of rotatable bonds is 4. The van der Waals surface area contributed by atoms with Crippen LogP contribution in [0.15, 0.2) is 69.9 Å². The van der Waals surface area contributed by atoms with Gasteiger partial charge in [0.25, 0.3) is 0 Å². The number of nitrogens with zero attached hydrogens (tertiary/aromatic N) is 1. The zero-order valence-corrected chi connectivity index (χ0v) is 18.9. The molecular formula is C27H24ClNO3. The summed E-state index contributed by atoms with van der Waals surface area (Å²) >= 11 is 6.36. The van der Waals surface area contributed by atoms with Crippen LogP contribution in [0.2, 0.25) is 5.02 Å². The van der Waals surface area contributed by atoms with Crippen molar-refractivity contribution in [1.29, 1.82) is 0 Å². The minimum atomic E-state index is -0.280. The molecule has 3 aromatic carbocycles. The Bertz CT molecular complexity index is 1360. The first-order chi connectivity index (χ1) is 15.5. The summed E-state index contributed by atoms with van der Waals surface area (Å²) in [4.78, 5) is 15.1. The molecule has 0 atom stereocenters. The summed E-state index contributed by atoms with van der Waals surface area (Å²) in [6, 6.07) is 20.0. The topological polar surface area (TPSA) is 42.7 Å². The minimum absolute atomic E-state index is 0.280. The molecule has 4 aromatic rings.